The first-order chi connectivity index (χ1) is 4.50. The van der Waals surface area contributed by atoms with Crippen LogP contribution in [0, 0.1) is 11.8 Å². The molecular formula is C9H17N. The van der Waals surface area contributed by atoms with E-state index in [-0.39, 0.29) is 5.54 Å². The molecule has 0 aliphatic heterocycles. The average Bonchev–Trinajstić information content (AvgIpc) is 1.84. The fourth-order valence-corrected chi connectivity index (χ4v) is 0.463. The van der Waals surface area contributed by atoms with Gasteiger partial charge in [-0.3, -0.25) is 0 Å². The molecule has 0 N–H and O–H groups in total. The van der Waals surface area contributed by atoms with E-state index in [1.165, 1.54) is 0 Å². The fraction of sp³-hybridized carbons (Fsp3) is 0.778. The smallest absolute Gasteiger partial charge is 0.0268 e. The molecule has 1 heteroatoms. The van der Waals surface area contributed by atoms with Crippen molar-refractivity contribution in [3.8, 4) is 11.8 Å². The number of rotatable bonds is 2. The molecule has 0 fully saturated rings. The zero-order valence-corrected chi connectivity index (χ0v) is 7.65. The number of nitrogens with zero attached hydrogens (tertiary/aromatic N) is 1. The molecule has 10 heavy (non-hydrogen) atoms. The summed E-state index contributed by atoms with van der Waals surface area (Å²) in [6, 6.07) is 0. The second-order valence-electron chi connectivity index (χ2n) is 3.31. The minimum absolute atomic E-state index is 0.211. The zero-order chi connectivity index (χ0) is 8.20. The average molecular weight is 139 g/mol. The number of hydrogen-bond acceptors (Lipinski definition) is 1. The van der Waals surface area contributed by atoms with Gasteiger partial charge in [0.1, 0.15) is 0 Å². The maximum absolute atomic E-state index is 3.08. The normalized spacial score (nSPS) is 11.0. The first kappa shape index (κ1) is 9.52. The highest BCUT2D eigenvalue weighted by Crippen LogP contribution is 2.13. The van der Waals surface area contributed by atoms with Crippen molar-refractivity contribution < 1.29 is 0 Å². The second-order valence-corrected chi connectivity index (χ2v) is 3.31. The van der Waals surface area contributed by atoms with Crippen molar-refractivity contribution in [2.24, 2.45) is 0 Å². The van der Waals surface area contributed by atoms with Crippen LogP contribution < -0.4 is 0 Å². The number of hydrogen-bond donors (Lipinski definition) is 0. The molecule has 58 valence electrons. The van der Waals surface area contributed by atoms with Crippen LogP contribution in [0.2, 0.25) is 0 Å². The molecule has 0 saturated carbocycles. The van der Waals surface area contributed by atoms with Crippen molar-refractivity contribution >= 4 is 0 Å². The molecular weight excluding hydrogens is 122 g/mol. The lowest BCUT2D eigenvalue weighted by Crippen LogP contribution is -2.37. The largest absolute Gasteiger partial charge is 0.303 e. The van der Waals surface area contributed by atoms with Gasteiger partial charge in [-0.05, 0) is 34.9 Å². The van der Waals surface area contributed by atoms with E-state index < -0.39 is 0 Å². The van der Waals surface area contributed by atoms with Gasteiger partial charge in [-0.15, -0.1) is 11.8 Å². The van der Waals surface area contributed by atoms with Crippen molar-refractivity contribution in [1.82, 2.24) is 4.90 Å². The van der Waals surface area contributed by atoms with E-state index in [2.05, 4.69) is 44.7 Å². The lowest BCUT2D eigenvalue weighted by Gasteiger charge is -2.30. The van der Waals surface area contributed by atoms with Gasteiger partial charge in [-0.2, -0.15) is 0 Å². The highest BCUT2D eigenvalue weighted by Gasteiger charge is 2.17. The molecule has 1 nitrogen and oxygen atoms in total. The third kappa shape index (κ3) is 2.89. The molecule has 0 aliphatic rings. The summed E-state index contributed by atoms with van der Waals surface area (Å²) in [6.07, 6.45) is 0.941. The molecule has 0 heterocycles. The van der Waals surface area contributed by atoms with E-state index in [1.54, 1.807) is 0 Å². The molecule has 0 amide bonds. The molecule has 0 aliphatic carbocycles. The summed E-state index contributed by atoms with van der Waals surface area (Å²) in [4.78, 5) is 2.19. The molecule has 0 atom stereocenters. The van der Waals surface area contributed by atoms with Gasteiger partial charge in [0.05, 0.1) is 0 Å². The molecule has 0 rings (SSSR count). The fourth-order valence-electron chi connectivity index (χ4n) is 0.463. The molecule has 0 aromatic heterocycles. The van der Waals surface area contributed by atoms with E-state index in [1.807, 2.05) is 6.92 Å². The maximum Gasteiger partial charge on any atom is 0.0268 e. The Hall–Kier alpha value is -0.480. The molecule has 0 saturated heterocycles. The molecule has 0 radical (unpaired) electrons. The van der Waals surface area contributed by atoms with E-state index in [9.17, 15) is 0 Å². The Morgan fingerprint density at radius 1 is 1.30 bits per heavy atom. The summed E-state index contributed by atoms with van der Waals surface area (Å²) in [5.74, 6) is 5.98. The van der Waals surface area contributed by atoms with Crippen molar-refractivity contribution in [3.63, 3.8) is 0 Å². The predicted octanol–water partition coefficient (Wildman–Crippen LogP) is 1.74. The van der Waals surface area contributed by atoms with E-state index >= 15 is 0 Å². The minimum atomic E-state index is 0.211. The summed E-state index contributed by atoms with van der Waals surface area (Å²) in [6.45, 7) is 6.26. The molecule has 0 unspecified atom stereocenters. The molecule has 0 spiro atoms. The molecule has 0 aromatic carbocycles. The Morgan fingerprint density at radius 2 is 1.80 bits per heavy atom. The first-order valence-electron chi connectivity index (χ1n) is 3.58. The van der Waals surface area contributed by atoms with Gasteiger partial charge < -0.3 is 4.90 Å². The Balaban J connectivity index is 3.95. The van der Waals surface area contributed by atoms with Crippen molar-refractivity contribution in [2.45, 2.75) is 32.7 Å². The van der Waals surface area contributed by atoms with Gasteiger partial charge in [0.2, 0.25) is 0 Å². The molecule has 0 bridgehead atoms. The van der Waals surface area contributed by atoms with Crippen molar-refractivity contribution in [2.75, 3.05) is 14.1 Å². The third-order valence-electron chi connectivity index (χ3n) is 1.91. The highest BCUT2D eigenvalue weighted by molar-refractivity contribution is 5.01. The van der Waals surface area contributed by atoms with Crippen LogP contribution in [0.25, 0.3) is 0 Å². The van der Waals surface area contributed by atoms with Crippen LogP contribution in [-0.4, -0.2) is 24.5 Å². The summed E-state index contributed by atoms with van der Waals surface area (Å²) in [5, 5.41) is 0. The van der Waals surface area contributed by atoms with Gasteiger partial charge in [0.15, 0.2) is 0 Å². The summed E-state index contributed by atoms with van der Waals surface area (Å²) >= 11 is 0. The van der Waals surface area contributed by atoms with Crippen LogP contribution in [0.3, 0.4) is 0 Å². The van der Waals surface area contributed by atoms with E-state index in [0.717, 1.165) is 6.42 Å². The summed E-state index contributed by atoms with van der Waals surface area (Å²) in [7, 11) is 4.16. The lowest BCUT2D eigenvalue weighted by atomic mass is 10.00. The van der Waals surface area contributed by atoms with Crippen LogP contribution in [0.4, 0.5) is 0 Å². The first-order valence-corrected chi connectivity index (χ1v) is 3.58. The van der Waals surface area contributed by atoms with Crippen LogP contribution in [0.1, 0.15) is 27.2 Å². The van der Waals surface area contributed by atoms with Gasteiger partial charge in [-0.1, -0.05) is 0 Å². The maximum atomic E-state index is 3.08. The van der Waals surface area contributed by atoms with Crippen LogP contribution in [0.15, 0.2) is 0 Å². The Labute approximate surface area is 64.4 Å². The monoisotopic (exact) mass is 139 g/mol. The zero-order valence-electron chi connectivity index (χ0n) is 7.65. The second kappa shape index (κ2) is 3.63. The minimum Gasteiger partial charge on any atom is -0.303 e. The van der Waals surface area contributed by atoms with E-state index in [0.29, 0.717) is 0 Å². The van der Waals surface area contributed by atoms with Gasteiger partial charge in [0.25, 0.3) is 0 Å². The van der Waals surface area contributed by atoms with Gasteiger partial charge in [-0.25, -0.2) is 0 Å². The Morgan fingerprint density at radius 3 is 2.10 bits per heavy atom. The molecule has 0 aromatic rings. The van der Waals surface area contributed by atoms with Crippen molar-refractivity contribution in [1.29, 1.82) is 0 Å². The summed E-state index contributed by atoms with van der Waals surface area (Å²) < 4.78 is 0. The van der Waals surface area contributed by atoms with Crippen LogP contribution in [0.5, 0.6) is 0 Å². The van der Waals surface area contributed by atoms with Crippen LogP contribution in [-0.2, 0) is 0 Å². The quantitative estimate of drug-likeness (QED) is 0.527. The third-order valence-corrected chi connectivity index (χ3v) is 1.91. The van der Waals surface area contributed by atoms with Gasteiger partial charge in [0, 0.05) is 12.0 Å². The van der Waals surface area contributed by atoms with Crippen molar-refractivity contribution in [3.05, 3.63) is 0 Å². The van der Waals surface area contributed by atoms with E-state index in [4.69, 9.17) is 0 Å². The SMILES string of the molecule is CC#CCC(C)(C)N(C)C. The topological polar surface area (TPSA) is 3.24 Å². The highest BCUT2D eigenvalue weighted by atomic mass is 15.1. The van der Waals surface area contributed by atoms with Gasteiger partial charge >= 0.3 is 0 Å². The lowest BCUT2D eigenvalue weighted by molar-refractivity contribution is 0.201. The van der Waals surface area contributed by atoms with Crippen LogP contribution >= 0.6 is 0 Å². The Bertz CT molecular complexity index is 146. The Kier molecular flexibility index (Phi) is 3.46. The predicted molar refractivity (Wildman–Crippen MR) is 45.8 cm³/mol. The summed E-state index contributed by atoms with van der Waals surface area (Å²) in [5.41, 5.74) is 0.211. The standard InChI is InChI=1S/C9H17N/c1-6-7-8-9(2,3)10(4)5/h8H2,1-5H3.